The second kappa shape index (κ2) is 11.7. The number of nitrogens with one attached hydrogen (secondary N) is 1. The molecule has 2 heterocycles. The topological polar surface area (TPSA) is 226 Å². The first-order valence-electron chi connectivity index (χ1n) is 10.9. The molecule has 8 N–H and O–H groups in total. The van der Waals surface area contributed by atoms with Gasteiger partial charge in [-0.2, -0.15) is 9.97 Å². The third kappa shape index (κ3) is 6.73. The number of rotatable bonds is 11. The Kier molecular flexibility index (Phi) is 8.46. The summed E-state index contributed by atoms with van der Waals surface area (Å²) in [6.45, 7) is 0.596. The number of benzene rings is 1. The highest BCUT2D eigenvalue weighted by Gasteiger charge is 2.22. The first kappa shape index (κ1) is 26.0. The standard InChI is InChI=1S/C22H27N9O5/c1-31(11-13-10-26-19-17(27-13)18(24)29-22(25)30-19)14-4-2-12(3-5-14)20(33)28-15(21(34)35)6-7-16(32)36-9-8-23/h2-5,10,15H,6-9,11,23H2,1H3,(H,28,33)(H,34,35)(H4,24,25,26,29,30). The average molecular weight is 498 g/mol. The van der Waals surface area contributed by atoms with Gasteiger partial charge in [0.2, 0.25) is 5.95 Å². The lowest BCUT2D eigenvalue weighted by Gasteiger charge is -2.19. The van der Waals surface area contributed by atoms with Gasteiger partial charge in [0.25, 0.3) is 5.91 Å². The summed E-state index contributed by atoms with van der Waals surface area (Å²) >= 11 is 0. The number of ether oxygens (including phenoxy) is 1. The van der Waals surface area contributed by atoms with E-state index in [1.807, 2.05) is 11.9 Å². The number of amides is 1. The highest BCUT2D eigenvalue weighted by Crippen LogP contribution is 2.19. The third-order valence-electron chi connectivity index (χ3n) is 5.09. The molecule has 0 aliphatic heterocycles. The number of anilines is 3. The molecule has 2 aromatic heterocycles. The largest absolute Gasteiger partial charge is 0.480 e. The van der Waals surface area contributed by atoms with Crippen LogP contribution in [0.3, 0.4) is 0 Å². The molecule has 0 aliphatic rings. The number of aromatic nitrogens is 4. The summed E-state index contributed by atoms with van der Waals surface area (Å²) in [4.78, 5) is 54.1. The molecule has 3 aromatic rings. The highest BCUT2D eigenvalue weighted by atomic mass is 16.5. The zero-order valence-electron chi connectivity index (χ0n) is 19.5. The molecule has 190 valence electrons. The van der Waals surface area contributed by atoms with Gasteiger partial charge in [-0.05, 0) is 30.7 Å². The molecule has 14 heteroatoms. The van der Waals surface area contributed by atoms with Crippen LogP contribution in [-0.2, 0) is 20.9 Å². The van der Waals surface area contributed by atoms with Crippen LogP contribution in [0.5, 0.6) is 0 Å². The highest BCUT2D eigenvalue weighted by molar-refractivity contribution is 5.97. The zero-order chi connectivity index (χ0) is 26.2. The molecule has 0 fully saturated rings. The lowest BCUT2D eigenvalue weighted by Crippen LogP contribution is -2.41. The van der Waals surface area contributed by atoms with Crippen LogP contribution in [0.4, 0.5) is 17.5 Å². The van der Waals surface area contributed by atoms with E-state index in [2.05, 4.69) is 25.3 Å². The molecule has 1 amide bonds. The zero-order valence-corrected chi connectivity index (χ0v) is 19.5. The first-order chi connectivity index (χ1) is 17.2. The molecule has 1 atom stereocenters. The second-order valence-electron chi connectivity index (χ2n) is 7.82. The Bertz CT molecular complexity index is 1250. The number of hydrogen-bond acceptors (Lipinski definition) is 12. The normalized spacial score (nSPS) is 11.6. The van der Waals surface area contributed by atoms with Crippen LogP contribution in [0.2, 0.25) is 0 Å². The molecule has 0 radical (unpaired) electrons. The summed E-state index contributed by atoms with van der Waals surface area (Å²) in [5.74, 6) is -2.26. The number of hydrogen-bond donors (Lipinski definition) is 5. The summed E-state index contributed by atoms with van der Waals surface area (Å²) < 4.78 is 4.82. The van der Waals surface area contributed by atoms with E-state index < -0.39 is 23.9 Å². The number of carboxylic acids is 1. The van der Waals surface area contributed by atoms with Crippen molar-refractivity contribution < 1.29 is 24.2 Å². The number of nitrogens with two attached hydrogens (primary N) is 3. The molecule has 3 rings (SSSR count). The minimum absolute atomic E-state index is 0.0167. The Labute approximate surface area is 205 Å². The molecule has 36 heavy (non-hydrogen) atoms. The van der Waals surface area contributed by atoms with Crippen molar-refractivity contribution in [1.82, 2.24) is 25.3 Å². The van der Waals surface area contributed by atoms with Crippen LogP contribution >= 0.6 is 0 Å². The maximum Gasteiger partial charge on any atom is 0.326 e. The van der Waals surface area contributed by atoms with E-state index in [0.29, 0.717) is 23.4 Å². The number of nitrogen functional groups attached to an aromatic ring is 2. The summed E-state index contributed by atoms with van der Waals surface area (Å²) in [5.41, 5.74) is 19.0. The molecule has 0 spiro atoms. The minimum atomic E-state index is -1.25. The van der Waals surface area contributed by atoms with Crippen molar-refractivity contribution in [2.75, 3.05) is 36.6 Å². The van der Waals surface area contributed by atoms with Gasteiger partial charge in [-0.3, -0.25) is 9.59 Å². The van der Waals surface area contributed by atoms with Crippen molar-refractivity contribution in [2.24, 2.45) is 5.73 Å². The van der Waals surface area contributed by atoms with Crippen LogP contribution in [-0.4, -0.2) is 69.1 Å². The number of carbonyl (C=O) groups excluding carboxylic acids is 2. The maximum absolute atomic E-state index is 12.6. The monoisotopic (exact) mass is 497 g/mol. The van der Waals surface area contributed by atoms with E-state index in [4.69, 9.17) is 21.9 Å². The molecular weight excluding hydrogens is 470 g/mol. The molecule has 1 aromatic carbocycles. The quantitative estimate of drug-likeness (QED) is 0.214. The summed E-state index contributed by atoms with van der Waals surface area (Å²) in [6.07, 6.45) is 1.29. The minimum Gasteiger partial charge on any atom is -0.480 e. The predicted octanol–water partition coefficient (Wildman–Crippen LogP) is -0.314. The van der Waals surface area contributed by atoms with E-state index in [1.54, 1.807) is 30.5 Å². The van der Waals surface area contributed by atoms with Crippen LogP contribution < -0.4 is 27.4 Å². The predicted molar refractivity (Wildman–Crippen MR) is 131 cm³/mol. The third-order valence-corrected chi connectivity index (χ3v) is 5.09. The van der Waals surface area contributed by atoms with E-state index >= 15 is 0 Å². The number of nitrogens with zero attached hydrogens (tertiary/aromatic N) is 5. The Morgan fingerprint density at radius 3 is 2.53 bits per heavy atom. The first-order valence-corrected chi connectivity index (χ1v) is 10.9. The van der Waals surface area contributed by atoms with Gasteiger partial charge in [0.05, 0.1) is 18.4 Å². The fourth-order valence-corrected chi connectivity index (χ4v) is 3.27. The van der Waals surface area contributed by atoms with Gasteiger partial charge in [-0.25, -0.2) is 14.8 Å². The van der Waals surface area contributed by atoms with E-state index in [9.17, 15) is 19.5 Å². The Hall–Kier alpha value is -4.59. The lowest BCUT2D eigenvalue weighted by atomic mass is 10.1. The van der Waals surface area contributed by atoms with Crippen LogP contribution in [0, 0.1) is 0 Å². The Morgan fingerprint density at radius 1 is 1.14 bits per heavy atom. The molecule has 0 bridgehead atoms. The van der Waals surface area contributed by atoms with Crippen LogP contribution in [0.25, 0.3) is 11.2 Å². The molecule has 0 saturated heterocycles. The van der Waals surface area contributed by atoms with Gasteiger partial charge >= 0.3 is 11.9 Å². The van der Waals surface area contributed by atoms with Crippen LogP contribution in [0.1, 0.15) is 28.9 Å². The van der Waals surface area contributed by atoms with Crippen molar-refractivity contribution in [1.29, 1.82) is 0 Å². The summed E-state index contributed by atoms with van der Waals surface area (Å²) in [6, 6.07) is 5.30. The van der Waals surface area contributed by atoms with E-state index in [0.717, 1.165) is 5.69 Å². The molecular formula is C22H27N9O5. The molecule has 1 unspecified atom stereocenters. The molecule has 0 saturated carbocycles. The van der Waals surface area contributed by atoms with Crippen molar-refractivity contribution in [3.05, 3.63) is 41.7 Å². The fraction of sp³-hybridized carbons (Fsp3) is 0.318. The van der Waals surface area contributed by atoms with Crippen molar-refractivity contribution in [2.45, 2.75) is 25.4 Å². The van der Waals surface area contributed by atoms with Gasteiger partial charge in [-0.15, -0.1) is 0 Å². The smallest absolute Gasteiger partial charge is 0.326 e. The van der Waals surface area contributed by atoms with Crippen molar-refractivity contribution in [3.63, 3.8) is 0 Å². The number of carboxylic acid groups (broad SMARTS) is 1. The number of carbonyl (C=O) groups is 3. The van der Waals surface area contributed by atoms with Gasteiger partial charge in [0.15, 0.2) is 17.0 Å². The van der Waals surface area contributed by atoms with Gasteiger partial charge < -0.3 is 37.3 Å². The van der Waals surface area contributed by atoms with Crippen molar-refractivity contribution >= 4 is 46.5 Å². The SMILES string of the molecule is CN(Cc1cnc2nc(N)nc(N)c2n1)c1ccc(C(=O)NC(CCC(=O)OCCN)C(=O)O)cc1. The van der Waals surface area contributed by atoms with E-state index in [1.165, 1.54) is 0 Å². The summed E-state index contributed by atoms with van der Waals surface area (Å²) in [7, 11) is 1.83. The van der Waals surface area contributed by atoms with Gasteiger partial charge in [0.1, 0.15) is 12.6 Å². The van der Waals surface area contributed by atoms with Gasteiger partial charge in [-0.1, -0.05) is 0 Å². The lowest BCUT2D eigenvalue weighted by molar-refractivity contribution is -0.144. The average Bonchev–Trinajstić information content (AvgIpc) is 2.85. The second-order valence-corrected chi connectivity index (χ2v) is 7.82. The van der Waals surface area contributed by atoms with Crippen LogP contribution in [0.15, 0.2) is 30.5 Å². The summed E-state index contributed by atoms with van der Waals surface area (Å²) in [5, 5.41) is 11.8. The number of fused-ring (bicyclic) bond motifs is 1. The Balaban J connectivity index is 1.62. The maximum atomic E-state index is 12.6. The molecule has 0 aliphatic carbocycles. The molecule has 14 nitrogen and oxygen atoms in total. The number of esters is 1. The van der Waals surface area contributed by atoms with Crippen molar-refractivity contribution in [3.8, 4) is 0 Å². The number of aliphatic carboxylic acids is 1. The Morgan fingerprint density at radius 2 is 1.86 bits per heavy atom. The fourth-order valence-electron chi connectivity index (χ4n) is 3.27. The van der Waals surface area contributed by atoms with E-state index in [-0.39, 0.29) is 43.3 Å². The van der Waals surface area contributed by atoms with Gasteiger partial charge in [0, 0.05) is 31.3 Å².